The fourth-order valence-electron chi connectivity index (χ4n) is 3.77. The van der Waals surface area contributed by atoms with Gasteiger partial charge in [0.05, 0.1) is 6.54 Å². The molecule has 27 heavy (non-hydrogen) atoms. The first kappa shape index (κ1) is 19.9. The van der Waals surface area contributed by atoms with Gasteiger partial charge in [0.25, 0.3) is 0 Å². The molecule has 6 nitrogen and oxygen atoms in total. The molecule has 4 rings (SSSR count). The quantitative estimate of drug-likeness (QED) is 0.419. The molecule has 144 valence electrons. The van der Waals surface area contributed by atoms with Crippen molar-refractivity contribution in [1.82, 2.24) is 25.0 Å². The maximum Gasteiger partial charge on any atom is 0.194 e. The van der Waals surface area contributed by atoms with Crippen molar-refractivity contribution < 1.29 is 0 Å². The third-order valence-electron chi connectivity index (χ3n) is 5.21. The number of nitrogens with one attached hydrogen (secondary N) is 1. The molecule has 0 atom stereocenters. The van der Waals surface area contributed by atoms with E-state index in [1.807, 2.05) is 7.05 Å². The lowest BCUT2D eigenvalue weighted by atomic mass is 10.00. The first-order valence-corrected chi connectivity index (χ1v) is 9.46. The van der Waals surface area contributed by atoms with Crippen LogP contribution in [-0.2, 0) is 19.5 Å². The van der Waals surface area contributed by atoms with E-state index in [2.05, 4.69) is 66.4 Å². The Kier molecular flexibility index (Phi) is 6.87. The molecule has 0 saturated heterocycles. The molecule has 0 bridgehead atoms. The third-order valence-corrected chi connectivity index (χ3v) is 5.21. The number of benzene rings is 1. The van der Waals surface area contributed by atoms with E-state index < -0.39 is 0 Å². The Morgan fingerprint density at radius 2 is 1.96 bits per heavy atom. The van der Waals surface area contributed by atoms with Gasteiger partial charge in [-0.3, -0.25) is 4.99 Å². The van der Waals surface area contributed by atoms with Gasteiger partial charge in [-0.1, -0.05) is 36.4 Å². The van der Waals surface area contributed by atoms with Gasteiger partial charge in [-0.2, -0.15) is 0 Å². The lowest BCUT2D eigenvalue weighted by Gasteiger charge is -2.29. The summed E-state index contributed by atoms with van der Waals surface area (Å²) in [6.07, 6.45) is 6.82. The minimum atomic E-state index is 0. The number of guanidine groups is 1. The fraction of sp³-hybridized carbons (Fsp3) is 0.450. The van der Waals surface area contributed by atoms with Crippen molar-refractivity contribution in [3.8, 4) is 0 Å². The average Bonchev–Trinajstić information content (AvgIpc) is 3.13. The number of nitrogens with zero attached hydrogens (tertiary/aromatic N) is 5. The van der Waals surface area contributed by atoms with Gasteiger partial charge in [0.2, 0.25) is 0 Å². The number of fused-ring (bicyclic) bond motifs is 1. The Hall–Kier alpha value is -1.90. The summed E-state index contributed by atoms with van der Waals surface area (Å²) in [5.74, 6) is 3.07. The Morgan fingerprint density at radius 3 is 2.70 bits per heavy atom. The van der Waals surface area contributed by atoms with Gasteiger partial charge < -0.3 is 14.8 Å². The van der Waals surface area contributed by atoms with Crippen LogP contribution in [-0.4, -0.2) is 45.8 Å². The predicted octanol–water partition coefficient (Wildman–Crippen LogP) is 3.10. The number of halogens is 1. The molecule has 1 N–H and O–H groups in total. The van der Waals surface area contributed by atoms with Crippen molar-refractivity contribution in [2.75, 3.05) is 20.1 Å². The first-order valence-electron chi connectivity index (χ1n) is 9.46. The van der Waals surface area contributed by atoms with Crippen LogP contribution in [0.3, 0.4) is 0 Å². The Balaban J connectivity index is 0.00000210. The van der Waals surface area contributed by atoms with Crippen LogP contribution in [0.15, 0.2) is 41.4 Å². The second kappa shape index (κ2) is 9.34. The number of hydrogen-bond acceptors (Lipinski definition) is 3. The van der Waals surface area contributed by atoms with Crippen molar-refractivity contribution in [3.63, 3.8) is 0 Å². The van der Waals surface area contributed by atoms with Crippen LogP contribution in [0.4, 0.5) is 0 Å². The largest absolute Gasteiger partial charge is 0.349 e. The summed E-state index contributed by atoms with van der Waals surface area (Å²) in [5.41, 5.74) is 2.74. The number of rotatable bonds is 3. The van der Waals surface area contributed by atoms with Gasteiger partial charge in [0.1, 0.15) is 5.82 Å². The highest BCUT2D eigenvalue weighted by Gasteiger charge is 2.19. The summed E-state index contributed by atoms with van der Waals surface area (Å²) in [7, 11) is 1.85. The van der Waals surface area contributed by atoms with E-state index in [-0.39, 0.29) is 24.0 Å². The van der Waals surface area contributed by atoms with Gasteiger partial charge >= 0.3 is 0 Å². The molecule has 0 unspecified atom stereocenters. The van der Waals surface area contributed by atoms with Crippen LogP contribution in [0.2, 0.25) is 0 Å². The van der Waals surface area contributed by atoms with Crippen molar-refractivity contribution in [2.45, 2.75) is 38.8 Å². The van der Waals surface area contributed by atoms with Crippen LogP contribution < -0.4 is 5.32 Å². The van der Waals surface area contributed by atoms with Crippen LogP contribution >= 0.6 is 24.0 Å². The molecule has 0 saturated carbocycles. The first-order chi connectivity index (χ1) is 12.8. The van der Waals surface area contributed by atoms with E-state index in [1.54, 1.807) is 0 Å². The smallest absolute Gasteiger partial charge is 0.194 e. The molecule has 7 heteroatoms. The minimum absolute atomic E-state index is 0. The molecule has 0 aliphatic carbocycles. The SMILES string of the molecule is CN=C(NCc1nnc2n1CCCC2)N1CC=C(c2ccccc2)CC1.I. The van der Waals surface area contributed by atoms with E-state index in [0.29, 0.717) is 6.54 Å². The highest BCUT2D eigenvalue weighted by atomic mass is 127. The van der Waals surface area contributed by atoms with Crippen molar-refractivity contribution >= 4 is 35.5 Å². The monoisotopic (exact) mass is 478 g/mol. The molecule has 0 fully saturated rings. The van der Waals surface area contributed by atoms with Crippen LogP contribution in [0, 0.1) is 0 Å². The molecular formula is C20H27IN6. The lowest BCUT2D eigenvalue weighted by Crippen LogP contribution is -2.43. The second-order valence-electron chi connectivity index (χ2n) is 6.83. The fourth-order valence-corrected chi connectivity index (χ4v) is 3.77. The maximum absolute atomic E-state index is 4.47. The van der Waals surface area contributed by atoms with Crippen molar-refractivity contribution in [3.05, 3.63) is 53.6 Å². The Bertz CT molecular complexity index is 811. The Morgan fingerprint density at radius 1 is 1.11 bits per heavy atom. The van der Waals surface area contributed by atoms with E-state index in [9.17, 15) is 0 Å². The third kappa shape index (κ3) is 4.51. The summed E-state index contributed by atoms with van der Waals surface area (Å²) in [6, 6.07) is 10.6. The standard InChI is InChI=1S/C20H26N6.HI/c1-21-20(22-15-19-24-23-18-9-5-6-12-26(18)19)25-13-10-17(11-14-25)16-7-3-2-4-8-16;/h2-4,7-8,10H,5-6,9,11-15H2,1H3,(H,21,22);1H. The molecule has 2 aliphatic heterocycles. The van der Waals surface area contributed by atoms with Gasteiger partial charge in [-0.25, -0.2) is 0 Å². The molecule has 0 spiro atoms. The van der Waals surface area contributed by atoms with Gasteiger partial charge in [-0.15, -0.1) is 34.2 Å². The molecule has 2 aliphatic rings. The number of aliphatic imine (C=N–C) groups is 1. The average molecular weight is 478 g/mol. The van der Waals surface area contributed by atoms with E-state index in [4.69, 9.17) is 0 Å². The summed E-state index contributed by atoms with van der Waals surface area (Å²) in [5, 5.41) is 12.2. The Labute approximate surface area is 177 Å². The molecular weight excluding hydrogens is 451 g/mol. The van der Waals surface area contributed by atoms with Gasteiger partial charge in [0, 0.05) is 33.1 Å². The van der Waals surface area contributed by atoms with Crippen LogP contribution in [0.1, 0.15) is 36.5 Å². The van der Waals surface area contributed by atoms with Gasteiger partial charge in [0.15, 0.2) is 11.8 Å². The summed E-state index contributed by atoms with van der Waals surface area (Å²) < 4.78 is 2.26. The van der Waals surface area contributed by atoms with E-state index in [1.165, 1.54) is 24.0 Å². The van der Waals surface area contributed by atoms with Crippen molar-refractivity contribution in [1.29, 1.82) is 0 Å². The molecule has 0 amide bonds. The zero-order chi connectivity index (χ0) is 17.8. The second-order valence-corrected chi connectivity index (χ2v) is 6.83. The van der Waals surface area contributed by atoms with Gasteiger partial charge in [-0.05, 0) is 30.4 Å². The zero-order valence-electron chi connectivity index (χ0n) is 15.8. The summed E-state index contributed by atoms with van der Waals surface area (Å²) in [6.45, 7) is 3.55. The number of hydrogen-bond donors (Lipinski definition) is 1. The van der Waals surface area contributed by atoms with Crippen molar-refractivity contribution in [2.24, 2.45) is 4.99 Å². The molecule has 1 aromatic heterocycles. The highest BCUT2D eigenvalue weighted by molar-refractivity contribution is 14.0. The lowest BCUT2D eigenvalue weighted by molar-refractivity contribution is 0.436. The molecule has 2 aromatic rings. The molecule has 3 heterocycles. The summed E-state index contributed by atoms with van der Waals surface area (Å²) in [4.78, 5) is 6.76. The van der Waals surface area contributed by atoms with Crippen LogP contribution in [0.25, 0.3) is 5.57 Å². The predicted molar refractivity (Wildman–Crippen MR) is 119 cm³/mol. The topological polar surface area (TPSA) is 58.3 Å². The van der Waals surface area contributed by atoms with Crippen LogP contribution in [0.5, 0.6) is 0 Å². The minimum Gasteiger partial charge on any atom is -0.349 e. The number of aryl methyl sites for hydroxylation is 1. The highest BCUT2D eigenvalue weighted by Crippen LogP contribution is 2.22. The zero-order valence-corrected chi connectivity index (χ0v) is 18.1. The van der Waals surface area contributed by atoms with E-state index in [0.717, 1.165) is 50.1 Å². The summed E-state index contributed by atoms with van der Waals surface area (Å²) >= 11 is 0. The normalized spacial score (nSPS) is 17.0. The van der Waals surface area contributed by atoms with E-state index >= 15 is 0 Å². The number of aromatic nitrogens is 3. The maximum atomic E-state index is 4.47. The molecule has 0 radical (unpaired) electrons. The molecule has 1 aromatic carbocycles.